The van der Waals surface area contributed by atoms with Crippen LogP contribution < -0.4 is 16.2 Å². The monoisotopic (exact) mass is 286 g/mol. The lowest BCUT2D eigenvalue weighted by molar-refractivity contribution is 0.0988. The van der Waals surface area contributed by atoms with Gasteiger partial charge >= 0.3 is 0 Å². The van der Waals surface area contributed by atoms with Gasteiger partial charge in [-0.3, -0.25) is 15.6 Å². The Balaban J connectivity index is 2.40. The first-order valence-electron chi connectivity index (χ1n) is 6.56. The Bertz CT molecular complexity index is 629. The maximum atomic E-state index is 12.6. The highest BCUT2D eigenvalue weighted by Gasteiger charge is 2.20. The van der Waals surface area contributed by atoms with E-state index < -0.39 is 0 Å². The Kier molecular flexibility index (Phi) is 4.44. The molecule has 0 saturated heterocycles. The fourth-order valence-corrected chi connectivity index (χ4v) is 1.77. The summed E-state index contributed by atoms with van der Waals surface area (Å²) in [5.41, 5.74) is 3.76. The Labute approximate surface area is 123 Å². The first-order chi connectivity index (χ1) is 10.0. The lowest BCUT2D eigenvalue weighted by Gasteiger charge is -2.18. The Morgan fingerprint density at radius 3 is 2.71 bits per heavy atom. The summed E-state index contributed by atoms with van der Waals surface area (Å²) in [6.07, 6.45) is 4.78. The molecule has 0 aliphatic rings. The van der Waals surface area contributed by atoms with Gasteiger partial charge in [-0.15, -0.1) is 0 Å². The molecule has 0 aliphatic carbocycles. The fourth-order valence-electron chi connectivity index (χ4n) is 1.77. The fraction of sp³-hybridized carbons (Fsp3) is 0.286. The highest BCUT2D eigenvalue weighted by atomic mass is 16.2. The first-order valence-corrected chi connectivity index (χ1v) is 6.56. The quantitative estimate of drug-likeness (QED) is 0.654. The minimum atomic E-state index is -0.278. The maximum absolute atomic E-state index is 12.6. The lowest BCUT2D eigenvalue weighted by Crippen LogP contribution is -2.29. The number of nitrogen functional groups attached to an aromatic ring is 1. The van der Waals surface area contributed by atoms with E-state index in [0.717, 1.165) is 0 Å². The summed E-state index contributed by atoms with van der Waals surface area (Å²) in [4.78, 5) is 26.6. The third-order valence-corrected chi connectivity index (χ3v) is 3.02. The molecule has 0 radical (unpaired) electrons. The SMILES string of the molecule is CC(C)c1ncc(NN)c(C(=O)N(C)c2cccnc2)n1. The van der Waals surface area contributed by atoms with E-state index in [-0.39, 0.29) is 17.5 Å². The Morgan fingerprint density at radius 1 is 1.38 bits per heavy atom. The molecule has 2 rings (SSSR count). The van der Waals surface area contributed by atoms with Gasteiger partial charge < -0.3 is 10.3 Å². The lowest BCUT2D eigenvalue weighted by atomic mass is 10.2. The third-order valence-electron chi connectivity index (χ3n) is 3.02. The topological polar surface area (TPSA) is 97.0 Å². The summed E-state index contributed by atoms with van der Waals surface area (Å²) in [6, 6.07) is 3.56. The van der Waals surface area contributed by atoms with Crippen LogP contribution in [0.2, 0.25) is 0 Å². The molecule has 2 aromatic heterocycles. The molecule has 7 nitrogen and oxygen atoms in total. The second-order valence-electron chi connectivity index (χ2n) is 4.86. The molecule has 0 spiro atoms. The zero-order valence-corrected chi connectivity index (χ0v) is 12.2. The van der Waals surface area contributed by atoms with Crippen molar-refractivity contribution in [2.24, 2.45) is 5.84 Å². The molecule has 0 bridgehead atoms. The minimum Gasteiger partial charge on any atom is -0.321 e. The molecule has 0 saturated carbocycles. The number of aromatic nitrogens is 3. The van der Waals surface area contributed by atoms with Crippen molar-refractivity contribution in [1.29, 1.82) is 0 Å². The van der Waals surface area contributed by atoms with Gasteiger partial charge in [-0.1, -0.05) is 13.8 Å². The number of anilines is 2. The number of hydrogen-bond donors (Lipinski definition) is 2. The zero-order chi connectivity index (χ0) is 15.4. The van der Waals surface area contributed by atoms with E-state index in [1.165, 1.54) is 11.1 Å². The van der Waals surface area contributed by atoms with Gasteiger partial charge in [0.25, 0.3) is 5.91 Å². The number of nitrogens with two attached hydrogens (primary N) is 1. The standard InChI is InChI=1S/C14H18N6O/c1-9(2)13-17-8-11(19-15)12(18-13)14(21)20(3)10-5-4-6-16-7-10/h4-9,19H,15H2,1-3H3. The largest absolute Gasteiger partial charge is 0.321 e. The summed E-state index contributed by atoms with van der Waals surface area (Å²) < 4.78 is 0. The van der Waals surface area contributed by atoms with Crippen LogP contribution in [0.15, 0.2) is 30.7 Å². The molecule has 0 atom stereocenters. The van der Waals surface area contributed by atoms with E-state index >= 15 is 0 Å². The minimum absolute atomic E-state index is 0.118. The van der Waals surface area contributed by atoms with Crippen LogP contribution in [0.4, 0.5) is 11.4 Å². The van der Waals surface area contributed by atoms with Crippen LogP contribution in [0.3, 0.4) is 0 Å². The van der Waals surface area contributed by atoms with E-state index in [9.17, 15) is 4.79 Å². The number of hydrazine groups is 1. The number of nitrogens with one attached hydrogen (secondary N) is 1. The summed E-state index contributed by atoms with van der Waals surface area (Å²) >= 11 is 0. The number of hydrogen-bond acceptors (Lipinski definition) is 6. The number of rotatable bonds is 4. The van der Waals surface area contributed by atoms with Gasteiger partial charge in [0.1, 0.15) is 5.82 Å². The van der Waals surface area contributed by atoms with Crippen molar-refractivity contribution in [3.8, 4) is 0 Å². The van der Waals surface area contributed by atoms with Gasteiger partial charge in [-0.2, -0.15) is 0 Å². The van der Waals surface area contributed by atoms with Gasteiger partial charge in [-0.25, -0.2) is 9.97 Å². The van der Waals surface area contributed by atoms with E-state index in [1.54, 1.807) is 31.6 Å². The van der Waals surface area contributed by atoms with Crippen LogP contribution in [-0.2, 0) is 0 Å². The number of carbonyl (C=O) groups is 1. The molecule has 1 amide bonds. The second-order valence-corrected chi connectivity index (χ2v) is 4.86. The number of carbonyl (C=O) groups excluding carboxylic acids is 1. The molecule has 0 fully saturated rings. The summed E-state index contributed by atoms with van der Waals surface area (Å²) in [6.45, 7) is 3.92. The normalized spacial score (nSPS) is 10.5. The molecular weight excluding hydrogens is 268 g/mol. The van der Waals surface area contributed by atoms with Crippen molar-refractivity contribution in [1.82, 2.24) is 15.0 Å². The predicted molar refractivity (Wildman–Crippen MR) is 80.9 cm³/mol. The maximum Gasteiger partial charge on any atom is 0.278 e. The van der Waals surface area contributed by atoms with Crippen LogP contribution in [0, 0.1) is 0 Å². The highest BCUT2D eigenvalue weighted by Crippen LogP contribution is 2.19. The number of amides is 1. The molecule has 0 aliphatic heterocycles. The van der Waals surface area contributed by atoms with Crippen molar-refractivity contribution < 1.29 is 4.79 Å². The van der Waals surface area contributed by atoms with Crippen molar-refractivity contribution in [2.45, 2.75) is 19.8 Å². The van der Waals surface area contributed by atoms with Crippen molar-refractivity contribution in [3.05, 3.63) is 42.2 Å². The zero-order valence-electron chi connectivity index (χ0n) is 12.2. The Morgan fingerprint density at radius 2 is 2.14 bits per heavy atom. The van der Waals surface area contributed by atoms with Crippen LogP contribution in [0.25, 0.3) is 0 Å². The number of pyridine rings is 1. The van der Waals surface area contributed by atoms with E-state index in [1.807, 2.05) is 13.8 Å². The first kappa shape index (κ1) is 14.9. The van der Waals surface area contributed by atoms with Gasteiger partial charge in [0.05, 0.1) is 23.8 Å². The van der Waals surface area contributed by atoms with Crippen LogP contribution in [0.1, 0.15) is 36.1 Å². The van der Waals surface area contributed by atoms with Crippen LogP contribution in [-0.4, -0.2) is 27.9 Å². The number of nitrogens with zero attached hydrogens (tertiary/aromatic N) is 4. The molecular formula is C14H18N6O. The van der Waals surface area contributed by atoms with Crippen LogP contribution >= 0.6 is 0 Å². The van der Waals surface area contributed by atoms with Gasteiger partial charge in [0.2, 0.25) is 0 Å². The molecule has 3 N–H and O–H groups in total. The average molecular weight is 286 g/mol. The third kappa shape index (κ3) is 3.14. The molecule has 2 heterocycles. The van der Waals surface area contributed by atoms with Gasteiger partial charge in [0.15, 0.2) is 5.69 Å². The predicted octanol–water partition coefficient (Wildman–Crippen LogP) is 1.56. The second kappa shape index (κ2) is 6.27. The van der Waals surface area contributed by atoms with Crippen LogP contribution in [0.5, 0.6) is 0 Å². The van der Waals surface area contributed by atoms with E-state index in [0.29, 0.717) is 17.2 Å². The summed E-state index contributed by atoms with van der Waals surface area (Å²) in [7, 11) is 1.66. The van der Waals surface area contributed by atoms with E-state index in [4.69, 9.17) is 5.84 Å². The molecule has 2 aromatic rings. The van der Waals surface area contributed by atoms with Gasteiger partial charge in [0, 0.05) is 19.2 Å². The van der Waals surface area contributed by atoms with E-state index in [2.05, 4.69) is 20.4 Å². The Hall–Kier alpha value is -2.54. The van der Waals surface area contributed by atoms with Crippen molar-refractivity contribution in [2.75, 3.05) is 17.4 Å². The molecule has 0 aromatic carbocycles. The molecule has 110 valence electrons. The summed E-state index contributed by atoms with van der Waals surface area (Å²) in [5.74, 6) is 5.87. The summed E-state index contributed by atoms with van der Waals surface area (Å²) in [5, 5.41) is 0. The molecule has 0 unspecified atom stereocenters. The smallest absolute Gasteiger partial charge is 0.278 e. The molecule has 7 heteroatoms. The van der Waals surface area contributed by atoms with Crippen molar-refractivity contribution >= 4 is 17.3 Å². The van der Waals surface area contributed by atoms with Gasteiger partial charge in [-0.05, 0) is 12.1 Å². The molecule has 21 heavy (non-hydrogen) atoms. The van der Waals surface area contributed by atoms with Crippen molar-refractivity contribution in [3.63, 3.8) is 0 Å². The highest BCUT2D eigenvalue weighted by molar-refractivity contribution is 6.07. The average Bonchev–Trinajstić information content (AvgIpc) is 2.53.